The first-order valence-corrected chi connectivity index (χ1v) is 7.26. The summed E-state index contributed by atoms with van der Waals surface area (Å²) in [6.07, 6.45) is 1.25. The highest BCUT2D eigenvalue weighted by molar-refractivity contribution is 5.92. The number of benzene rings is 1. The van der Waals surface area contributed by atoms with Crippen LogP contribution in [0.15, 0.2) is 48.7 Å². The summed E-state index contributed by atoms with van der Waals surface area (Å²) in [7, 11) is 0. The van der Waals surface area contributed by atoms with Gasteiger partial charge in [0.15, 0.2) is 6.23 Å². The van der Waals surface area contributed by atoms with Crippen molar-refractivity contribution in [3.63, 3.8) is 0 Å². The minimum Gasteiger partial charge on any atom is -0.458 e. The molecule has 0 aliphatic rings. The number of hydrogen-bond acceptors (Lipinski definition) is 4. The van der Waals surface area contributed by atoms with Gasteiger partial charge in [0.25, 0.3) is 0 Å². The summed E-state index contributed by atoms with van der Waals surface area (Å²) < 4.78 is 5.86. The molecule has 116 valence electrons. The van der Waals surface area contributed by atoms with Crippen LogP contribution >= 0.6 is 0 Å². The molecule has 1 atom stereocenters. The maximum atomic E-state index is 11.0. The average Bonchev–Trinajstić information content (AvgIpc) is 2.52. The third-order valence-corrected chi connectivity index (χ3v) is 3.22. The normalized spacial score (nSPS) is 12.1. The van der Waals surface area contributed by atoms with Gasteiger partial charge in [-0.3, -0.25) is 10.1 Å². The largest absolute Gasteiger partial charge is 0.458 e. The first-order chi connectivity index (χ1) is 10.6. The fourth-order valence-corrected chi connectivity index (χ4v) is 1.95. The minimum absolute atomic E-state index is 0.174. The van der Waals surface area contributed by atoms with Crippen LogP contribution in [0.2, 0.25) is 0 Å². The van der Waals surface area contributed by atoms with Crippen molar-refractivity contribution in [2.45, 2.75) is 26.6 Å². The molecule has 0 radical (unpaired) electrons. The Bertz CT molecular complexity index is 597. The second-order valence-electron chi connectivity index (χ2n) is 5.40. The predicted molar refractivity (Wildman–Crippen MR) is 85.3 cm³/mol. The molecule has 0 saturated heterocycles. The number of nitrogens with zero attached hydrogens (tertiary/aromatic N) is 1. The van der Waals surface area contributed by atoms with Crippen molar-refractivity contribution >= 4 is 5.91 Å². The number of aromatic nitrogens is 1. The van der Waals surface area contributed by atoms with Crippen LogP contribution in [0.25, 0.3) is 0 Å². The number of pyridine rings is 1. The molecule has 1 heterocycles. The topological polar surface area (TPSA) is 77.2 Å². The number of rotatable bonds is 7. The van der Waals surface area contributed by atoms with Gasteiger partial charge >= 0.3 is 0 Å². The standard InChI is InChI=1S/C17H21N3O2/c1-12(2)17(20-10-13-6-4-3-5-7-13)22-15-9-8-14(11-19-15)16(18)21/h3-9,11-12,17,20H,10H2,1-2H3,(H2,18,21). The van der Waals surface area contributed by atoms with Crippen LogP contribution in [0.5, 0.6) is 5.88 Å². The number of amides is 1. The van der Waals surface area contributed by atoms with Gasteiger partial charge in [-0.1, -0.05) is 44.2 Å². The number of primary amides is 1. The fourth-order valence-electron chi connectivity index (χ4n) is 1.95. The molecule has 0 bridgehead atoms. The summed E-state index contributed by atoms with van der Waals surface area (Å²) in [6.45, 7) is 4.85. The van der Waals surface area contributed by atoms with Crippen molar-refractivity contribution in [3.8, 4) is 5.88 Å². The van der Waals surface area contributed by atoms with Crippen LogP contribution in [0.3, 0.4) is 0 Å². The number of carbonyl (C=O) groups excluding carboxylic acids is 1. The number of nitrogens with two attached hydrogens (primary N) is 1. The van der Waals surface area contributed by atoms with Crippen LogP contribution < -0.4 is 15.8 Å². The van der Waals surface area contributed by atoms with E-state index in [9.17, 15) is 4.79 Å². The van der Waals surface area contributed by atoms with Crippen LogP contribution in [-0.4, -0.2) is 17.1 Å². The number of hydrogen-bond donors (Lipinski definition) is 2. The quantitative estimate of drug-likeness (QED) is 0.769. The Hall–Kier alpha value is -2.40. The first kappa shape index (κ1) is 16.0. The van der Waals surface area contributed by atoms with E-state index in [-0.39, 0.29) is 12.1 Å². The van der Waals surface area contributed by atoms with Crippen molar-refractivity contribution in [1.29, 1.82) is 0 Å². The smallest absolute Gasteiger partial charge is 0.250 e. The summed E-state index contributed by atoms with van der Waals surface area (Å²) in [4.78, 5) is 15.1. The van der Waals surface area contributed by atoms with E-state index in [1.54, 1.807) is 12.1 Å². The lowest BCUT2D eigenvalue weighted by Gasteiger charge is -2.23. The molecule has 0 spiro atoms. The number of carbonyl (C=O) groups is 1. The zero-order valence-corrected chi connectivity index (χ0v) is 12.8. The molecule has 1 aromatic carbocycles. The Kier molecular flexibility index (Phi) is 5.49. The second-order valence-corrected chi connectivity index (χ2v) is 5.40. The molecular formula is C17H21N3O2. The zero-order chi connectivity index (χ0) is 15.9. The van der Waals surface area contributed by atoms with Gasteiger partial charge in [0.2, 0.25) is 11.8 Å². The SMILES string of the molecule is CC(C)C(NCc1ccccc1)Oc1ccc(C(N)=O)cn1. The second kappa shape index (κ2) is 7.56. The summed E-state index contributed by atoms with van der Waals surface area (Å²) >= 11 is 0. The van der Waals surface area contributed by atoms with E-state index in [0.717, 1.165) is 0 Å². The summed E-state index contributed by atoms with van der Waals surface area (Å²) in [6, 6.07) is 13.4. The zero-order valence-electron chi connectivity index (χ0n) is 12.8. The molecule has 2 aromatic rings. The van der Waals surface area contributed by atoms with E-state index in [2.05, 4.69) is 36.3 Å². The number of ether oxygens (including phenoxy) is 1. The van der Waals surface area contributed by atoms with Crippen LogP contribution in [-0.2, 0) is 6.54 Å². The van der Waals surface area contributed by atoms with Crippen molar-refractivity contribution in [1.82, 2.24) is 10.3 Å². The summed E-state index contributed by atoms with van der Waals surface area (Å²) in [5, 5.41) is 3.37. The molecule has 5 nitrogen and oxygen atoms in total. The van der Waals surface area contributed by atoms with Gasteiger partial charge in [-0.25, -0.2) is 4.98 Å². The summed E-state index contributed by atoms with van der Waals surface area (Å²) in [5.74, 6) is 0.229. The lowest BCUT2D eigenvalue weighted by molar-refractivity contribution is 0.0998. The fraction of sp³-hybridized carbons (Fsp3) is 0.294. The van der Waals surface area contributed by atoms with Crippen molar-refractivity contribution in [3.05, 3.63) is 59.8 Å². The Balaban J connectivity index is 1.98. The summed E-state index contributed by atoms with van der Waals surface area (Å²) in [5.41, 5.74) is 6.75. The predicted octanol–water partition coefficient (Wildman–Crippen LogP) is 2.33. The average molecular weight is 299 g/mol. The van der Waals surface area contributed by atoms with Gasteiger partial charge in [-0.05, 0) is 11.6 Å². The van der Waals surface area contributed by atoms with Crippen molar-refractivity contribution in [2.24, 2.45) is 11.7 Å². The van der Waals surface area contributed by atoms with Crippen LogP contribution in [0.1, 0.15) is 29.8 Å². The van der Waals surface area contributed by atoms with Gasteiger partial charge in [0.1, 0.15) is 0 Å². The molecule has 5 heteroatoms. The molecule has 0 aliphatic carbocycles. The molecule has 1 aromatic heterocycles. The molecule has 3 N–H and O–H groups in total. The molecule has 0 saturated carbocycles. The van der Waals surface area contributed by atoms with E-state index in [1.807, 2.05) is 18.2 Å². The number of nitrogens with one attached hydrogen (secondary N) is 1. The minimum atomic E-state index is -0.498. The van der Waals surface area contributed by atoms with Crippen LogP contribution in [0.4, 0.5) is 0 Å². The lowest BCUT2D eigenvalue weighted by atomic mass is 10.1. The third kappa shape index (κ3) is 4.56. The van der Waals surface area contributed by atoms with Gasteiger partial charge in [-0.2, -0.15) is 0 Å². The molecular weight excluding hydrogens is 278 g/mol. The van der Waals surface area contributed by atoms with E-state index >= 15 is 0 Å². The molecule has 0 aliphatic heterocycles. The van der Waals surface area contributed by atoms with Crippen molar-refractivity contribution in [2.75, 3.05) is 0 Å². The van der Waals surface area contributed by atoms with Gasteiger partial charge in [0, 0.05) is 24.7 Å². The van der Waals surface area contributed by atoms with Crippen LogP contribution in [0, 0.1) is 5.92 Å². The maximum absolute atomic E-state index is 11.0. The Labute approximate surface area is 130 Å². The molecule has 1 unspecified atom stereocenters. The monoisotopic (exact) mass is 299 g/mol. The van der Waals surface area contributed by atoms with Gasteiger partial charge < -0.3 is 10.5 Å². The Morgan fingerprint density at radius 3 is 2.50 bits per heavy atom. The first-order valence-electron chi connectivity index (χ1n) is 7.26. The lowest BCUT2D eigenvalue weighted by Crippen LogP contribution is -2.38. The van der Waals surface area contributed by atoms with E-state index in [0.29, 0.717) is 18.0 Å². The van der Waals surface area contributed by atoms with E-state index in [4.69, 9.17) is 10.5 Å². The highest BCUT2D eigenvalue weighted by Gasteiger charge is 2.15. The highest BCUT2D eigenvalue weighted by atomic mass is 16.5. The van der Waals surface area contributed by atoms with Gasteiger partial charge in [-0.15, -0.1) is 0 Å². The highest BCUT2D eigenvalue weighted by Crippen LogP contribution is 2.13. The maximum Gasteiger partial charge on any atom is 0.250 e. The van der Waals surface area contributed by atoms with E-state index < -0.39 is 5.91 Å². The Morgan fingerprint density at radius 2 is 1.95 bits per heavy atom. The molecule has 1 amide bonds. The molecule has 22 heavy (non-hydrogen) atoms. The van der Waals surface area contributed by atoms with Crippen molar-refractivity contribution < 1.29 is 9.53 Å². The van der Waals surface area contributed by atoms with Gasteiger partial charge in [0.05, 0.1) is 5.56 Å². The third-order valence-electron chi connectivity index (χ3n) is 3.22. The molecule has 0 fully saturated rings. The Morgan fingerprint density at radius 1 is 1.23 bits per heavy atom. The molecule has 2 rings (SSSR count). The van der Waals surface area contributed by atoms with E-state index in [1.165, 1.54) is 11.8 Å².